The van der Waals surface area contributed by atoms with Gasteiger partial charge < -0.3 is 14.2 Å². The molecule has 2 aromatic rings. The van der Waals surface area contributed by atoms with E-state index in [1.165, 1.54) is 7.11 Å². The van der Waals surface area contributed by atoms with Gasteiger partial charge in [0.05, 0.1) is 7.11 Å². The lowest BCUT2D eigenvalue weighted by atomic mass is 10.1. The van der Waals surface area contributed by atoms with Crippen molar-refractivity contribution in [3.63, 3.8) is 0 Å². The van der Waals surface area contributed by atoms with Gasteiger partial charge in [0.1, 0.15) is 18.0 Å². The van der Waals surface area contributed by atoms with Gasteiger partial charge in [0.15, 0.2) is 0 Å². The standard InChI is InChI=1S/C21H24O4/c1-21(2,3)25-20(22)19(23-4)14-16-10-12-18(13-11-16)24-15-17-8-6-5-7-9-17/h5-14H,15H2,1-4H3. The highest BCUT2D eigenvalue weighted by Gasteiger charge is 2.20. The summed E-state index contributed by atoms with van der Waals surface area (Å²) in [6, 6.07) is 17.4. The minimum Gasteiger partial charge on any atom is -0.490 e. The zero-order valence-electron chi connectivity index (χ0n) is 15.1. The van der Waals surface area contributed by atoms with Gasteiger partial charge in [-0.25, -0.2) is 4.79 Å². The van der Waals surface area contributed by atoms with Crippen molar-refractivity contribution < 1.29 is 19.0 Å². The lowest BCUT2D eigenvalue weighted by Gasteiger charge is -2.20. The van der Waals surface area contributed by atoms with Crippen LogP contribution >= 0.6 is 0 Å². The molecule has 25 heavy (non-hydrogen) atoms. The summed E-state index contributed by atoms with van der Waals surface area (Å²) in [5, 5.41) is 0. The largest absolute Gasteiger partial charge is 0.490 e. The highest BCUT2D eigenvalue weighted by Crippen LogP contribution is 2.18. The molecule has 2 rings (SSSR count). The number of ether oxygens (including phenoxy) is 3. The molecule has 0 heterocycles. The van der Waals surface area contributed by atoms with Crippen LogP contribution in [0.2, 0.25) is 0 Å². The zero-order valence-corrected chi connectivity index (χ0v) is 15.1. The van der Waals surface area contributed by atoms with Crippen LogP contribution in [0.5, 0.6) is 5.75 Å². The summed E-state index contributed by atoms with van der Waals surface area (Å²) in [7, 11) is 1.45. The Morgan fingerprint density at radius 3 is 2.20 bits per heavy atom. The third-order valence-electron chi connectivity index (χ3n) is 3.25. The van der Waals surface area contributed by atoms with Crippen molar-refractivity contribution in [2.24, 2.45) is 0 Å². The summed E-state index contributed by atoms with van der Waals surface area (Å²) in [5.74, 6) is 0.435. The first-order chi connectivity index (χ1) is 11.9. The fraction of sp³-hybridized carbons (Fsp3) is 0.286. The van der Waals surface area contributed by atoms with Gasteiger partial charge in [-0.15, -0.1) is 0 Å². The number of carbonyl (C=O) groups excluding carboxylic acids is 1. The lowest BCUT2D eigenvalue weighted by molar-refractivity contribution is -0.153. The van der Waals surface area contributed by atoms with Crippen LogP contribution in [0.4, 0.5) is 0 Å². The molecule has 0 aliphatic heterocycles. The molecule has 0 spiro atoms. The minimum absolute atomic E-state index is 0.160. The Labute approximate surface area is 149 Å². The first-order valence-electron chi connectivity index (χ1n) is 8.13. The molecule has 2 aromatic carbocycles. The molecule has 0 aliphatic rings. The molecule has 0 radical (unpaired) electrons. The molecule has 0 aromatic heterocycles. The fourth-order valence-corrected chi connectivity index (χ4v) is 2.08. The van der Waals surface area contributed by atoms with E-state index in [-0.39, 0.29) is 5.76 Å². The summed E-state index contributed by atoms with van der Waals surface area (Å²) in [4.78, 5) is 12.1. The Kier molecular flexibility index (Phi) is 6.23. The fourth-order valence-electron chi connectivity index (χ4n) is 2.08. The number of esters is 1. The molecule has 0 fully saturated rings. The molecule has 4 heteroatoms. The summed E-state index contributed by atoms with van der Waals surface area (Å²) in [6.45, 7) is 5.96. The second-order valence-electron chi connectivity index (χ2n) is 6.56. The van der Waals surface area contributed by atoms with Crippen molar-refractivity contribution in [3.05, 3.63) is 71.5 Å². The van der Waals surface area contributed by atoms with E-state index in [0.717, 1.165) is 16.9 Å². The normalized spacial score (nSPS) is 11.8. The SMILES string of the molecule is COC(=Cc1ccc(OCc2ccccc2)cc1)C(=O)OC(C)(C)C. The molecule has 0 N–H and O–H groups in total. The van der Waals surface area contributed by atoms with Crippen molar-refractivity contribution in [3.8, 4) is 5.75 Å². The monoisotopic (exact) mass is 340 g/mol. The van der Waals surface area contributed by atoms with Gasteiger partial charge in [-0.3, -0.25) is 0 Å². The first kappa shape index (κ1) is 18.6. The summed E-state index contributed by atoms with van der Waals surface area (Å²) in [5.41, 5.74) is 1.37. The van der Waals surface area contributed by atoms with Gasteiger partial charge in [0.2, 0.25) is 5.76 Å². The Morgan fingerprint density at radius 2 is 1.64 bits per heavy atom. The van der Waals surface area contributed by atoms with Crippen molar-refractivity contribution in [2.45, 2.75) is 33.0 Å². The van der Waals surface area contributed by atoms with E-state index in [1.807, 2.05) is 75.4 Å². The zero-order chi connectivity index (χ0) is 18.3. The quantitative estimate of drug-likeness (QED) is 0.438. The Morgan fingerprint density at radius 1 is 1.00 bits per heavy atom. The predicted molar refractivity (Wildman–Crippen MR) is 98.0 cm³/mol. The van der Waals surface area contributed by atoms with Crippen molar-refractivity contribution in [1.29, 1.82) is 0 Å². The molecule has 0 aliphatic carbocycles. The molecule has 4 nitrogen and oxygen atoms in total. The van der Waals surface area contributed by atoms with Crippen LogP contribution in [0.15, 0.2) is 60.4 Å². The van der Waals surface area contributed by atoms with E-state index in [9.17, 15) is 4.79 Å². The van der Waals surface area contributed by atoms with E-state index in [2.05, 4.69) is 0 Å². The van der Waals surface area contributed by atoms with E-state index >= 15 is 0 Å². The van der Waals surface area contributed by atoms with Gasteiger partial charge in [-0.05, 0) is 50.1 Å². The van der Waals surface area contributed by atoms with Crippen molar-refractivity contribution in [1.82, 2.24) is 0 Å². The number of rotatable bonds is 6. The van der Waals surface area contributed by atoms with Gasteiger partial charge in [-0.2, -0.15) is 0 Å². The molecular formula is C21H24O4. The molecule has 0 bridgehead atoms. The van der Waals surface area contributed by atoms with E-state index in [1.54, 1.807) is 6.08 Å². The van der Waals surface area contributed by atoms with E-state index < -0.39 is 11.6 Å². The van der Waals surface area contributed by atoms with Gasteiger partial charge in [0, 0.05) is 0 Å². The molecular weight excluding hydrogens is 316 g/mol. The average Bonchev–Trinajstić information content (AvgIpc) is 2.58. The van der Waals surface area contributed by atoms with Gasteiger partial charge in [-0.1, -0.05) is 42.5 Å². The Balaban J connectivity index is 2.01. The van der Waals surface area contributed by atoms with E-state index in [4.69, 9.17) is 14.2 Å². The number of hydrogen-bond donors (Lipinski definition) is 0. The topological polar surface area (TPSA) is 44.8 Å². The highest BCUT2D eigenvalue weighted by molar-refractivity contribution is 5.91. The Bertz CT molecular complexity index is 710. The van der Waals surface area contributed by atoms with Gasteiger partial charge >= 0.3 is 5.97 Å². The van der Waals surface area contributed by atoms with Gasteiger partial charge in [0.25, 0.3) is 0 Å². The molecule has 132 valence electrons. The number of hydrogen-bond acceptors (Lipinski definition) is 4. The molecule has 0 amide bonds. The second-order valence-corrected chi connectivity index (χ2v) is 6.56. The van der Waals surface area contributed by atoms with Crippen LogP contribution < -0.4 is 4.74 Å². The average molecular weight is 340 g/mol. The summed E-state index contributed by atoms with van der Waals surface area (Å²) < 4.78 is 16.2. The number of carbonyl (C=O) groups is 1. The maximum Gasteiger partial charge on any atom is 0.374 e. The van der Waals surface area contributed by atoms with Crippen LogP contribution in [-0.2, 0) is 20.9 Å². The summed E-state index contributed by atoms with van der Waals surface area (Å²) >= 11 is 0. The third-order valence-corrected chi connectivity index (χ3v) is 3.25. The third kappa shape index (κ3) is 6.34. The predicted octanol–water partition coefficient (Wildman–Crippen LogP) is 4.59. The van der Waals surface area contributed by atoms with Crippen molar-refractivity contribution >= 4 is 12.0 Å². The minimum atomic E-state index is -0.566. The number of methoxy groups -OCH3 is 1. The summed E-state index contributed by atoms with van der Waals surface area (Å²) in [6.07, 6.45) is 1.65. The lowest BCUT2D eigenvalue weighted by Crippen LogP contribution is -2.25. The molecule has 0 saturated heterocycles. The smallest absolute Gasteiger partial charge is 0.374 e. The van der Waals surface area contributed by atoms with Crippen LogP contribution in [0.25, 0.3) is 6.08 Å². The van der Waals surface area contributed by atoms with Crippen molar-refractivity contribution in [2.75, 3.05) is 7.11 Å². The van der Waals surface area contributed by atoms with Crippen LogP contribution in [0.3, 0.4) is 0 Å². The number of benzene rings is 2. The Hall–Kier alpha value is -2.75. The molecule has 0 atom stereocenters. The maximum atomic E-state index is 12.1. The maximum absolute atomic E-state index is 12.1. The second kappa shape index (κ2) is 8.38. The first-order valence-corrected chi connectivity index (χ1v) is 8.13. The highest BCUT2D eigenvalue weighted by atomic mass is 16.6. The van der Waals surface area contributed by atoms with Crippen LogP contribution in [0.1, 0.15) is 31.9 Å². The van der Waals surface area contributed by atoms with Crippen LogP contribution in [0, 0.1) is 0 Å². The molecule has 0 saturated carbocycles. The van der Waals surface area contributed by atoms with Crippen LogP contribution in [-0.4, -0.2) is 18.7 Å². The van der Waals surface area contributed by atoms with E-state index in [0.29, 0.717) is 6.61 Å². The molecule has 0 unspecified atom stereocenters.